The van der Waals surface area contributed by atoms with Gasteiger partial charge in [-0.25, -0.2) is 14.0 Å². The molecule has 162 valence electrons. The molecule has 8 heteroatoms. The fraction of sp³-hybridized carbons (Fsp3) is 0.591. The minimum Gasteiger partial charge on any atom is -0.320 e. The quantitative estimate of drug-likeness (QED) is 0.544. The number of nitrogens with zero attached hydrogens (tertiary/aromatic N) is 4. The number of aromatic nitrogens is 1. The SMILES string of the molecule is CC1(C)C#CC(C)(C)CS(=O)(=NC(=O)N2CCN(Cc3cccc(C=O)n3)CC2)C1. The number of hydrogen-bond donors (Lipinski definition) is 0. The van der Waals surface area contributed by atoms with Crippen molar-refractivity contribution in [2.24, 2.45) is 15.2 Å². The summed E-state index contributed by atoms with van der Waals surface area (Å²) < 4.78 is 17.8. The van der Waals surface area contributed by atoms with Crippen LogP contribution in [0.4, 0.5) is 4.79 Å². The van der Waals surface area contributed by atoms with E-state index in [0.29, 0.717) is 49.9 Å². The van der Waals surface area contributed by atoms with Crippen molar-refractivity contribution < 1.29 is 13.8 Å². The lowest BCUT2D eigenvalue weighted by Crippen LogP contribution is -2.47. The van der Waals surface area contributed by atoms with Crippen LogP contribution in [-0.2, 0) is 16.3 Å². The first-order chi connectivity index (χ1) is 14.0. The highest BCUT2D eigenvalue weighted by Crippen LogP contribution is 2.29. The van der Waals surface area contributed by atoms with Gasteiger partial charge in [-0.2, -0.15) is 0 Å². The zero-order valence-corrected chi connectivity index (χ0v) is 19.0. The molecule has 7 nitrogen and oxygen atoms in total. The summed E-state index contributed by atoms with van der Waals surface area (Å²) in [6.07, 6.45) is 0.740. The molecular formula is C22H30N4O3S. The van der Waals surface area contributed by atoms with E-state index in [2.05, 4.69) is 26.1 Å². The summed E-state index contributed by atoms with van der Waals surface area (Å²) in [6, 6.07) is 4.99. The minimum atomic E-state index is -2.71. The fourth-order valence-corrected chi connectivity index (χ4v) is 6.86. The Morgan fingerprint density at radius 1 is 1.13 bits per heavy atom. The van der Waals surface area contributed by atoms with Gasteiger partial charge in [-0.3, -0.25) is 9.69 Å². The van der Waals surface area contributed by atoms with Crippen LogP contribution in [0, 0.1) is 22.7 Å². The van der Waals surface area contributed by atoms with E-state index in [1.165, 1.54) is 0 Å². The van der Waals surface area contributed by atoms with E-state index >= 15 is 0 Å². The zero-order chi connectivity index (χ0) is 22.0. The lowest BCUT2D eigenvalue weighted by atomic mass is 9.92. The predicted octanol–water partition coefficient (Wildman–Crippen LogP) is 2.67. The molecule has 0 aromatic carbocycles. The molecule has 1 fully saturated rings. The summed E-state index contributed by atoms with van der Waals surface area (Å²) in [4.78, 5) is 31.9. The zero-order valence-electron chi connectivity index (χ0n) is 18.2. The maximum absolute atomic E-state index is 13.5. The maximum Gasteiger partial charge on any atom is 0.351 e. The van der Waals surface area contributed by atoms with Gasteiger partial charge in [0.15, 0.2) is 6.29 Å². The highest BCUT2D eigenvalue weighted by Gasteiger charge is 2.34. The first-order valence-corrected chi connectivity index (χ1v) is 12.0. The van der Waals surface area contributed by atoms with Gasteiger partial charge >= 0.3 is 6.03 Å². The van der Waals surface area contributed by atoms with E-state index in [-0.39, 0.29) is 0 Å². The number of rotatable bonds is 3. The summed E-state index contributed by atoms with van der Waals surface area (Å²) >= 11 is 0. The van der Waals surface area contributed by atoms with E-state index in [0.717, 1.165) is 12.0 Å². The number of urea groups is 1. The van der Waals surface area contributed by atoms with E-state index in [9.17, 15) is 13.8 Å². The maximum atomic E-state index is 13.5. The molecule has 2 aliphatic heterocycles. The van der Waals surface area contributed by atoms with Gasteiger partial charge < -0.3 is 4.90 Å². The number of carbonyl (C=O) groups excluding carboxylic acids is 2. The second-order valence-electron chi connectivity index (χ2n) is 9.39. The molecule has 0 spiro atoms. The van der Waals surface area contributed by atoms with E-state index in [4.69, 9.17) is 0 Å². The summed E-state index contributed by atoms with van der Waals surface area (Å²) in [5, 5.41) is 0. The van der Waals surface area contributed by atoms with Crippen LogP contribution in [-0.4, -0.2) is 69.0 Å². The van der Waals surface area contributed by atoms with Crippen LogP contribution < -0.4 is 0 Å². The first kappa shape index (κ1) is 22.4. The molecule has 0 radical (unpaired) electrons. The number of aldehydes is 1. The second kappa shape index (κ2) is 8.48. The third kappa shape index (κ3) is 5.89. The van der Waals surface area contributed by atoms with Gasteiger partial charge in [-0.15, -0.1) is 4.36 Å². The Bertz CT molecular complexity index is 977. The van der Waals surface area contributed by atoms with Crippen molar-refractivity contribution in [2.75, 3.05) is 37.7 Å². The molecule has 1 saturated heterocycles. The van der Waals surface area contributed by atoms with E-state index < -0.39 is 26.6 Å². The van der Waals surface area contributed by atoms with E-state index in [1.807, 2.05) is 39.8 Å². The van der Waals surface area contributed by atoms with Crippen molar-refractivity contribution in [3.63, 3.8) is 0 Å². The average Bonchev–Trinajstić information content (AvgIpc) is 2.74. The molecule has 3 rings (SSSR count). The van der Waals surface area contributed by atoms with Crippen molar-refractivity contribution in [1.82, 2.24) is 14.8 Å². The number of hydrogen-bond acceptors (Lipinski definition) is 5. The highest BCUT2D eigenvalue weighted by molar-refractivity contribution is 7.94. The highest BCUT2D eigenvalue weighted by atomic mass is 32.2. The van der Waals surface area contributed by atoms with Gasteiger partial charge in [0.05, 0.1) is 15.4 Å². The van der Waals surface area contributed by atoms with E-state index in [1.54, 1.807) is 11.0 Å². The second-order valence-corrected chi connectivity index (χ2v) is 11.7. The van der Waals surface area contributed by atoms with Gasteiger partial charge in [-0.05, 0) is 39.8 Å². The number of piperazine rings is 1. The van der Waals surface area contributed by atoms with Crippen LogP contribution in [0.1, 0.15) is 43.9 Å². The molecule has 0 N–H and O–H groups in total. The number of carbonyl (C=O) groups is 2. The van der Waals surface area contributed by atoms with Crippen molar-refractivity contribution >= 4 is 22.0 Å². The molecule has 0 atom stereocenters. The van der Waals surface area contributed by atoms with Crippen molar-refractivity contribution in [3.8, 4) is 11.8 Å². The lowest BCUT2D eigenvalue weighted by molar-refractivity contribution is 0.111. The first-order valence-electron chi connectivity index (χ1n) is 10.2. The molecular weight excluding hydrogens is 400 g/mol. The molecule has 3 heterocycles. The lowest BCUT2D eigenvalue weighted by Gasteiger charge is -2.33. The predicted molar refractivity (Wildman–Crippen MR) is 118 cm³/mol. The van der Waals surface area contributed by atoms with Crippen LogP contribution in [0.5, 0.6) is 0 Å². The Labute approximate surface area is 179 Å². The van der Waals surface area contributed by atoms with Gasteiger partial charge in [0.2, 0.25) is 0 Å². The average molecular weight is 431 g/mol. The monoisotopic (exact) mass is 430 g/mol. The van der Waals surface area contributed by atoms with Crippen LogP contribution in [0.25, 0.3) is 0 Å². The standard InChI is InChI=1S/C22H30N4O3S/c1-21(2)8-9-22(3,4)17-30(29,16-21)24-20(28)26-12-10-25(11-13-26)14-18-6-5-7-19(15-27)23-18/h5-7,15H,10-14,16-17H2,1-4H3. The molecule has 2 aliphatic rings. The van der Waals surface area contributed by atoms with Crippen molar-refractivity contribution in [1.29, 1.82) is 0 Å². The fourth-order valence-electron chi connectivity index (χ4n) is 3.83. The molecule has 30 heavy (non-hydrogen) atoms. The third-order valence-electron chi connectivity index (χ3n) is 5.13. The Hall–Kier alpha value is -2.24. The summed E-state index contributed by atoms with van der Waals surface area (Å²) in [7, 11) is -2.71. The molecule has 1 aromatic rings. The Balaban J connectivity index is 1.64. The van der Waals surface area contributed by atoms with Gasteiger partial charge in [0.25, 0.3) is 0 Å². The normalized spacial score (nSPS) is 22.3. The van der Waals surface area contributed by atoms with Gasteiger partial charge in [-0.1, -0.05) is 17.9 Å². The summed E-state index contributed by atoms with van der Waals surface area (Å²) in [5.74, 6) is 7.03. The third-order valence-corrected chi connectivity index (χ3v) is 7.97. The van der Waals surface area contributed by atoms with Gasteiger partial charge in [0, 0.05) is 55.1 Å². The Kier molecular flexibility index (Phi) is 6.34. The van der Waals surface area contributed by atoms with Crippen molar-refractivity contribution in [2.45, 2.75) is 34.2 Å². The molecule has 0 bridgehead atoms. The van der Waals surface area contributed by atoms with Crippen molar-refractivity contribution in [3.05, 3.63) is 29.6 Å². The summed E-state index contributed by atoms with van der Waals surface area (Å²) in [6.45, 7) is 10.8. The van der Waals surface area contributed by atoms with Crippen LogP contribution in [0.3, 0.4) is 0 Å². The Morgan fingerprint density at radius 2 is 1.73 bits per heavy atom. The molecule has 1 aromatic heterocycles. The van der Waals surface area contributed by atoms with Gasteiger partial charge in [0.1, 0.15) is 5.69 Å². The molecule has 0 aliphatic carbocycles. The van der Waals surface area contributed by atoms with Crippen LogP contribution in [0.15, 0.2) is 22.6 Å². The van der Waals surface area contributed by atoms with Crippen LogP contribution in [0.2, 0.25) is 0 Å². The summed E-state index contributed by atoms with van der Waals surface area (Å²) in [5.41, 5.74) is 0.379. The van der Waals surface area contributed by atoms with Crippen LogP contribution >= 0.6 is 0 Å². The number of pyridine rings is 1. The molecule has 0 saturated carbocycles. The largest absolute Gasteiger partial charge is 0.351 e. The topological polar surface area (TPSA) is 82.9 Å². The molecule has 0 unspecified atom stereocenters. The Morgan fingerprint density at radius 3 is 2.30 bits per heavy atom. The molecule has 2 amide bonds. The minimum absolute atomic E-state index is 0.306. The number of amides is 2. The smallest absolute Gasteiger partial charge is 0.320 e.